The first-order valence-corrected chi connectivity index (χ1v) is 56.4. The van der Waals surface area contributed by atoms with Crippen molar-refractivity contribution in [3.8, 4) is 0 Å². The van der Waals surface area contributed by atoms with Crippen LogP contribution in [0.3, 0.4) is 0 Å². The van der Waals surface area contributed by atoms with Crippen molar-refractivity contribution < 1.29 is 53.6 Å². The van der Waals surface area contributed by atoms with E-state index in [0.29, 0.717) is 56.6 Å². The van der Waals surface area contributed by atoms with E-state index in [9.17, 15) is 44.7 Å². The number of sulfone groups is 3. The molecule has 21 nitrogen and oxygen atoms in total. The van der Waals surface area contributed by atoms with E-state index in [1.54, 1.807) is 66.7 Å². The van der Waals surface area contributed by atoms with Gasteiger partial charge in [0.2, 0.25) is 0 Å². The number of carbonyl (C=O) groups excluding carboxylic acids is 3. The van der Waals surface area contributed by atoms with Crippen LogP contribution in [-0.4, -0.2) is 151 Å². The molecule has 8 N–H and O–H groups in total. The van der Waals surface area contributed by atoms with E-state index in [-0.39, 0.29) is 88.1 Å². The molecule has 3 spiro atoms. The lowest BCUT2D eigenvalue weighted by atomic mass is 9.93. The van der Waals surface area contributed by atoms with Crippen LogP contribution in [0.4, 0.5) is 45.5 Å². The molecular weight excluding hydrogens is 1730 g/mol. The second-order valence-electron chi connectivity index (χ2n) is 45.2. The lowest BCUT2D eigenvalue weighted by Crippen LogP contribution is -2.50. The number of hydrogen-bond acceptors (Lipinski definition) is 18. The maximum absolute atomic E-state index is 13.8. The minimum Gasteiger partial charge on any atom is -0.415 e. The Hall–Kier alpha value is -6.67. The van der Waals surface area contributed by atoms with Gasteiger partial charge in [0, 0.05) is 77.7 Å². The summed E-state index contributed by atoms with van der Waals surface area (Å²) in [5.41, 5.74) is 12.6. The maximum Gasteiger partial charge on any atom is 0.257 e. The van der Waals surface area contributed by atoms with E-state index in [1.807, 2.05) is 139 Å². The van der Waals surface area contributed by atoms with Crippen molar-refractivity contribution in [2.45, 2.75) is 290 Å². The van der Waals surface area contributed by atoms with Gasteiger partial charge in [0.1, 0.15) is 5.72 Å². The van der Waals surface area contributed by atoms with Gasteiger partial charge < -0.3 is 61.0 Å². The number of aliphatic hydroxyl groups is 1. The maximum atomic E-state index is 13.8. The Balaban J connectivity index is 0.000000199. The van der Waals surface area contributed by atoms with Crippen LogP contribution in [0.1, 0.15) is 254 Å². The van der Waals surface area contributed by atoms with Crippen LogP contribution in [0.2, 0.25) is 36.3 Å². The largest absolute Gasteiger partial charge is 0.415 e. The molecule has 125 heavy (non-hydrogen) atoms. The molecule has 0 aromatic heterocycles. The van der Waals surface area contributed by atoms with Gasteiger partial charge in [0.05, 0.1) is 84.5 Å². The zero-order valence-electron chi connectivity index (χ0n) is 79.8. The molecule has 3 saturated heterocycles. The van der Waals surface area contributed by atoms with Crippen LogP contribution in [0, 0.1) is 32.5 Å². The number of nitrogens with one attached hydrogen (secondary N) is 5. The molecule has 12 rings (SSSR count). The fourth-order valence-corrected chi connectivity index (χ4v) is 24.7. The Labute approximate surface area is 761 Å². The van der Waals surface area contributed by atoms with E-state index < -0.39 is 57.4 Å². The standard InChI is InChI=1S/C34H53N3O4SSi.C29H41N3O4S.C25H31BrN2O3S.C10H25NOSi/c1-31(2,3)24-42(39,40)27-13-11-12-25(22-27)35-30(38)28-15-14-26(36-33(7,8)41-43(9,10)32(4,5)6)23-29(28)37-20-18-34(16-17-34)19-21-37;1-27(2,3)20-37(35,36)23-8-6-7-21(17-23)30-26(34)24-10-9-22(31-28(4,5)19-33)18-25(24)32-15-13-29(11-12-29)14-16-32;1-24(2,3)17-32(30,31)20-6-4-5-19(16-20)27-23(29)21-8-7-18(26)15-22(21)28-13-11-25(9-10-25)12-14-28;1-9(2,3)13(6,7)12-8-10(4,5)11/h11-15,22-23,36H,16-21,24H2,1-10H3,(H,35,38);6-10,17-18,31,33H,11-16,19-20H2,1-5H3,(H,30,34);4-8,15-16H,9-14,17H2,1-3H3,(H,27,29);8,11H2,1-7H3. The van der Waals surface area contributed by atoms with E-state index in [4.69, 9.17) is 14.6 Å². The van der Waals surface area contributed by atoms with Crippen molar-refractivity contribution in [3.05, 3.63) is 149 Å². The number of nitrogens with zero attached hydrogens (tertiary/aromatic N) is 3. The van der Waals surface area contributed by atoms with E-state index >= 15 is 0 Å². The first-order chi connectivity index (χ1) is 57.2. The number of rotatable bonds is 25. The summed E-state index contributed by atoms with van der Waals surface area (Å²) < 4.78 is 91.1. The van der Waals surface area contributed by atoms with E-state index in [0.717, 1.165) is 97.9 Å². The Morgan fingerprint density at radius 3 is 0.984 bits per heavy atom. The highest BCUT2D eigenvalue weighted by Crippen LogP contribution is 2.57. The molecule has 3 heterocycles. The van der Waals surface area contributed by atoms with Gasteiger partial charge in [0.25, 0.3) is 17.7 Å². The van der Waals surface area contributed by atoms with Crippen LogP contribution in [0.15, 0.2) is 147 Å². The van der Waals surface area contributed by atoms with Crippen molar-refractivity contribution in [3.63, 3.8) is 0 Å². The number of aliphatic hydroxyl groups excluding tert-OH is 1. The summed E-state index contributed by atoms with van der Waals surface area (Å²) in [5.74, 6) is -0.663. The smallest absolute Gasteiger partial charge is 0.257 e. The summed E-state index contributed by atoms with van der Waals surface area (Å²) in [6, 6.07) is 36.8. The average molecular weight is 1880 g/mol. The molecule has 0 atom stereocenters. The molecule has 6 aliphatic rings. The summed E-state index contributed by atoms with van der Waals surface area (Å²) in [6.07, 6.45) is 14.8. The van der Waals surface area contributed by atoms with Gasteiger partial charge in [-0.2, -0.15) is 0 Å². The molecule has 6 aromatic rings. The highest BCUT2D eigenvalue weighted by atomic mass is 79.9. The zero-order chi connectivity index (χ0) is 93.2. The normalized spacial score (nSPS) is 17.4. The number of amides is 3. The molecule has 3 aliphatic carbocycles. The number of hydrogen-bond donors (Lipinski definition) is 7. The fourth-order valence-electron chi connectivity index (χ4n) is 15.8. The number of halogens is 1. The van der Waals surface area contributed by atoms with Crippen LogP contribution in [-0.2, 0) is 38.4 Å². The molecule has 0 bridgehead atoms. The number of piperidine rings is 3. The van der Waals surface area contributed by atoms with Crippen molar-refractivity contribution in [1.82, 2.24) is 0 Å². The van der Waals surface area contributed by atoms with Crippen molar-refractivity contribution in [2.75, 3.05) is 111 Å². The molecule has 3 amide bonds. The van der Waals surface area contributed by atoms with Crippen LogP contribution < -0.4 is 47.0 Å². The van der Waals surface area contributed by atoms with E-state index in [2.05, 4.69) is 145 Å². The highest BCUT2D eigenvalue weighted by Gasteiger charge is 2.48. The van der Waals surface area contributed by atoms with Crippen molar-refractivity contribution in [2.24, 2.45) is 38.2 Å². The van der Waals surface area contributed by atoms with Gasteiger partial charge in [-0.25, -0.2) is 25.3 Å². The van der Waals surface area contributed by atoms with E-state index in [1.165, 1.54) is 57.4 Å². The Bertz CT molecular complexity index is 5150. The molecular formula is C98H150BrN9O12S3Si2. The Morgan fingerprint density at radius 1 is 0.408 bits per heavy atom. The predicted octanol–water partition coefficient (Wildman–Crippen LogP) is 22.3. The molecule has 6 aromatic carbocycles. The predicted molar refractivity (Wildman–Crippen MR) is 526 cm³/mol. The fraction of sp³-hybridized carbons (Fsp3) is 0.602. The number of benzene rings is 6. The summed E-state index contributed by atoms with van der Waals surface area (Å²) in [6.45, 7) is 57.6. The van der Waals surface area contributed by atoms with Gasteiger partial charge >= 0.3 is 0 Å². The first-order valence-electron chi connectivity index (χ1n) is 44.8. The topological polar surface area (TPSA) is 288 Å². The molecule has 3 aliphatic heterocycles. The summed E-state index contributed by atoms with van der Waals surface area (Å²) in [5, 5.41) is 25.9. The third-order valence-electron chi connectivity index (χ3n) is 25.5. The van der Waals surface area contributed by atoms with Gasteiger partial charge in [-0.05, 0) is 297 Å². The third kappa shape index (κ3) is 29.7. The van der Waals surface area contributed by atoms with Crippen LogP contribution in [0.25, 0.3) is 0 Å². The average Bonchev–Trinajstić information content (AvgIpc) is 1.70. The van der Waals surface area contributed by atoms with Crippen LogP contribution >= 0.6 is 15.9 Å². The quantitative estimate of drug-likeness (QED) is 0.0207. The molecule has 3 saturated carbocycles. The summed E-state index contributed by atoms with van der Waals surface area (Å²) >= 11 is 3.54. The lowest BCUT2D eigenvalue weighted by molar-refractivity contribution is 0.101. The second-order valence-corrected chi connectivity index (χ2v) is 61.6. The highest BCUT2D eigenvalue weighted by molar-refractivity contribution is 9.10. The SMILES string of the molecule is CC(C)(C)CS(=O)(=O)c1cccc(NC(=O)c2ccc(Br)cc2N2CCC3(CC2)CC3)c1.CC(C)(C)CS(=O)(=O)c1cccc(NC(=O)c2ccc(NC(C)(C)CO)cc2N2CCC3(CC2)CC3)c1.CC(C)(C)CS(=O)(=O)c1cccc(NC(=O)c2ccc(NC(C)(C)O[Si](C)(C)C(C)(C)C)cc2N2CCC3(CC2)CC3)c1.CC(C)(N)CO[Si](C)(C)C(C)(C)C. The molecule has 6 fully saturated rings. The second kappa shape index (κ2) is 38.4. The monoisotopic (exact) mass is 1880 g/mol. The van der Waals surface area contributed by atoms with Crippen molar-refractivity contribution >= 4 is 125 Å². The van der Waals surface area contributed by atoms with Gasteiger partial charge in [-0.15, -0.1) is 0 Å². The zero-order valence-corrected chi connectivity index (χ0v) is 85.9. The van der Waals surface area contributed by atoms with Gasteiger partial charge in [-0.3, -0.25) is 14.4 Å². The van der Waals surface area contributed by atoms with Crippen LogP contribution in [0.5, 0.6) is 0 Å². The molecule has 0 unspecified atom stereocenters. The first kappa shape index (κ1) is 102. The van der Waals surface area contributed by atoms with Crippen molar-refractivity contribution in [1.29, 1.82) is 0 Å². The molecule has 0 radical (unpaired) electrons. The Morgan fingerprint density at radius 2 is 0.704 bits per heavy atom. The van der Waals surface area contributed by atoms with Gasteiger partial charge in [0.15, 0.2) is 46.1 Å². The lowest BCUT2D eigenvalue weighted by Gasteiger charge is -2.43. The third-order valence-corrected chi connectivity index (χ3v) is 41.8. The summed E-state index contributed by atoms with van der Waals surface area (Å²) in [4.78, 5) is 48.1. The number of nitrogens with two attached hydrogens (primary N) is 1. The Kier molecular flexibility index (Phi) is 31.4. The minimum atomic E-state index is -3.49. The number of anilines is 8. The number of carbonyl (C=O) groups is 3. The minimum absolute atomic E-state index is 0.0226. The van der Waals surface area contributed by atoms with Gasteiger partial charge in [-0.1, -0.05) is 138 Å². The molecule has 27 heteroatoms. The molecule has 692 valence electrons. The summed E-state index contributed by atoms with van der Waals surface area (Å²) in [7, 11) is -14.0.